The first-order chi connectivity index (χ1) is 12.3. The lowest BCUT2D eigenvalue weighted by molar-refractivity contribution is 0.283. The number of imidazole rings is 1. The number of aromatic nitrogens is 2. The summed E-state index contributed by atoms with van der Waals surface area (Å²) in [6, 6.07) is 10.5. The number of aliphatic imine (C=N–C) groups is 1. The molecule has 0 spiro atoms. The Kier molecular flexibility index (Phi) is 5.98. The van der Waals surface area contributed by atoms with Gasteiger partial charge in [-0.05, 0) is 48.9 Å². The number of thiophene rings is 1. The highest BCUT2D eigenvalue weighted by Gasteiger charge is 2.06. The molecule has 3 rings (SSSR count). The van der Waals surface area contributed by atoms with Gasteiger partial charge in [0.05, 0.1) is 16.8 Å². The third-order valence-electron chi connectivity index (χ3n) is 3.81. The SMILES string of the molecule is NC(/C=C\c1ncc(-c2cc3ccccc3s2)[nH]1)=NCCCCCO. The Labute approximate surface area is 150 Å². The van der Waals surface area contributed by atoms with Gasteiger partial charge in [-0.15, -0.1) is 11.3 Å². The Morgan fingerprint density at radius 1 is 1.28 bits per heavy atom. The van der Waals surface area contributed by atoms with Crippen molar-refractivity contribution in [2.24, 2.45) is 10.7 Å². The van der Waals surface area contributed by atoms with Gasteiger partial charge in [0.1, 0.15) is 11.7 Å². The largest absolute Gasteiger partial charge is 0.396 e. The van der Waals surface area contributed by atoms with E-state index in [1.54, 1.807) is 17.4 Å². The van der Waals surface area contributed by atoms with E-state index in [2.05, 4.69) is 39.2 Å². The van der Waals surface area contributed by atoms with Gasteiger partial charge in [0.2, 0.25) is 0 Å². The van der Waals surface area contributed by atoms with E-state index in [1.165, 1.54) is 15.0 Å². The highest BCUT2D eigenvalue weighted by Crippen LogP contribution is 2.32. The zero-order chi connectivity index (χ0) is 17.5. The number of hydrogen-bond acceptors (Lipinski definition) is 4. The Hall–Kier alpha value is -2.44. The maximum Gasteiger partial charge on any atom is 0.130 e. The molecule has 25 heavy (non-hydrogen) atoms. The first kappa shape index (κ1) is 17.4. The van der Waals surface area contributed by atoms with Crippen molar-refractivity contribution in [3.05, 3.63) is 48.4 Å². The number of nitrogens with one attached hydrogen (secondary N) is 1. The molecule has 0 saturated carbocycles. The fourth-order valence-electron chi connectivity index (χ4n) is 2.49. The summed E-state index contributed by atoms with van der Waals surface area (Å²) in [5, 5.41) is 9.97. The Morgan fingerprint density at radius 2 is 2.16 bits per heavy atom. The molecule has 0 aliphatic heterocycles. The van der Waals surface area contributed by atoms with Crippen LogP contribution < -0.4 is 5.73 Å². The van der Waals surface area contributed by atoms with Crippen molar-refractivity contribution in [1.82, 2.24) is 9.97 Å². The van der Waals surface area contributed by atoms with E-state index in [0.717, 1.165) is 30.8 Å². The zero-order valence-corrected chi connectivity index (χ0v) is 14.8. The Bertz CT molecular complexity index is 845. The number of aromatic amines is 1. The van der Waals surface area contributed by atoms with E-state index in [-0.39, 0.29) is 6.61 Å². The molecule has 0 amide bonds. The normalized spacial score (nSPS) is 12.4. The van der Waals surface area contributed by atoms with Crippen LogP contribution in [0.5, 0.6) is 0 Å². The monoisotopic (exact) mass is 354 g/mol. The smallest absolute Gasteiger partial charge is 0.130 e. The highest BCUT2D eigenvalue weighted by atomic mass is 32.1. The van der Waals surface area contributed by atoms with Crippen LogP contribution >= 0.6 is 11.3 Å². The summed E-state index contributed by atoms with van der Waals surface area (Å²) in [5.41, 5.74) is 6.88. The second-order valence-electron chi connectivity index (χ2n) is 5.75. The van der Waals surface area contributed by atoms with E-state index in [4.69, 9.17) is 10.8 Å². The summed E-state index contributed by atoms with van der Waals surface area (Å²) in [5.74, 6) is 1.25. The summed E-state index contributed by atoms with van der Waals surface area (Å²) in [4.78, 5) is 13.1. The van der Waals surface area contributed by atoms with Crippen molar-refractivity contribution in [3.8, 4) is 10.6 Å². The molecule has 5 nitrogen and oxygen atoms in total. The van der Waals surface area contributed by atoms with Gasteiger partial charge < -0.3 is 15.8 Å². The molecule has 0 radical (unpaired) electrons. The Morgan fingerprint density at radius 3 is 3.00 bits per heavy atom. The molecule has 0 atom stereocenters. The third-order valence-corrected chi connectivity index (χ3v) is 4.96. The highest BCUT2D eigenvalue weighted by molar-refractivity contribution is 7.22. The van der Waals surface area contributed by atoms with Crippen molar-refractivity contribution >= 4 is 33.3 Å². The molecule has 0 saturated heterocycles. The van der Waals surface area contributed by atoms with E-state index in [0.29, 0.717) is 12.4 Å². The fraction of sp³-hybridized carbons (Fsp3) is 0.263. The lowest BCUT2D eigenvalue weighted by Crippen LogP contribution is -2.08. The molecule has 0 fully saturated rings. The lowest BCUT2D eigenvalue weighted by Gasteiger charge is -1.96. The quantitative estimate of drug-likeness (QED) is 0.326. The van der Waals surface area contributed by atoms with Crippen molar-refractivity contribution < 1.29 is 5.11 Å². The Balaban J connectivity index is 1.62. The molecule has 1 aromatic carbocycles. The van der Waals surface area contributed by atoms with Gasteiger partial charge in [-0.3, -0.25) is 4.99 Å². The predicted molar refractivity (Wildman–Crippen MR) is 106 cm³/mol. The number of benzene rings is 1. The first-order valence-corrected chi connectivity index (χ1v) is 9.21. The molecule has 6 heteroatoms. The summed E-state index contributed by atoms with van der Waals surface area (Å²) < 4.78 is 1.27. The van der Waals surface area contributed by atoms with Gasteiger partial charge in [-0.2, -0.15) is 0 Å². The van der Waals surface area contributed by atoms with Gasteiger partial charge >= 0.3 is 0 Å². The number of aliphatic hydroxyl groups excluding tert-OH is 1. The number of rotatable bonds is 8. The van der Waals surface area contributed by atoms with Crippen LogP contribution in [0.25, 0.3) is 26.7 Å². The molecule has 0 aliphatic carbocycles. The topological polar surface area (TPSA) is 87.3 Å². The van der Waals surface area contributed by atoms with Crippen molar-refractivity contribution in [1.29, 1.82) is 0 Å². The predicted octanol–water partition coefficient (Wildman–Crippen LogP) is 3.82. The molecule has 0 bridgehead atoms. The second kappa shape index (κ2) is 8.60. The number of nitrogens with zero attached hydrogens (tertiary/aromatic N) is 2. The molecule has 0 unspecified atom stereocenters. The number of aliphatic hydroxyl groups is 1. The molecule has 3 aromatic rings. The van der Waals surface area contributed by atoms with Crippen LogP contribution in [0.1, 0.15) is 25.1 Å². The molecule has 2 heterocycles. The van der Waals surface area contributed by atoms with E-state index in [9.17, 15) is 0 Å². The van der Waals surface area contributed by atoms with Gasteiger partial charge in [-0.1, -0.05) is 18.2 Å². The van der Waals surface area contributed by atoms with Crippen molar-refractivity contribution in [3.63, 3.8) is 0 Å². The van der Waals surface area contributed by atoms with E-state index in [1.807, 2.05) is 18.3 Å². The third kappa shape index (κ3) is 4.78. The van der Waals surface area contributed by atoms with Crippen LogP contribution in [0.2, 0.25) is 0 Å². The van der Waals surface area contributed by atoms with Crippen LogP contribution in [0.4, 0.5) is 0 Å². The number of amidine groups is 1. The van der Waals surface area contributed by atoms with Crippen molar-refractivity contribution in [2.45, 2.75) is 19.3 Å². The number of hydrogen-bond donors (Lipinski definition) is 3. The van der Waals surface area contributed by atoms with Crippen LogP contribution in [0.3, 0.4) is 0 Å². The standard InChI is InChI=1S/C19H22N4OS/c20-18(21-10-4-1-5-11-24)8-9-19-22-13-15(23-19)17-12-14-6-2-3-7-16(14)25-17/h2-3,6-9,12-13,24H,1,4-5,10-11H2,(H2,20,21)(H,22,23)/b9-8-. The molecular formula is C19H22N4OS. The average Bonchev–Trinajstić information content (AvgIpc) is 3.26. The van der Waals surface area contributed by atoms with Gasteiger partial charge in [0.15, 0.2) is 0 Å². The summed E-state index contributed by atoms with van der Waals surface area (Å²) >= 11 is 1.74. The van der Waals surface area contributed by atoms with Crippen LogP contribution in [-0.4, -0.2) is 34.1 Å². The summed E-state index contributed by atoms with van der Waals surface area (Å²) in [6.45, 7) is 0.918. The fourth-order valence-corrected chi connectivity index (χ4v) is 3.51. The molecular weight excluding hydrogens is 332 g/mol. The second-order valence-corrected chi connectivity index (χ2v) is 6.84. The maximum atomic E-state index is 8.73. The van der Waals surface area contributed by atoms with Crippen LogP contribution in [0, 0.1) is 0 Å². The minimum Gasteiger partial charge on any atom is -0.396 e. The summed E-state index contributed by atoms with van der Waals surface area (Å²) in [7, 11) is 0. The summed E-state index contributed by atoms with van der Waals surface area (Å²) in [6.07, 6.45) is 8.16. The maximum absolute atomic E-state index is 8.73. The zero-order valence-electron chi connectivity index (χ0n) is 14.0. The van der Waals surface area contributed by atoms with Gasteiger partial charge in [0.25, 0.3) is 0 Å². The molecule has 0 aliphatic rings. The van der Waals surface area contributed by atoms with E-state index >= 15 is 0 Å². The average molecular weight is 354 g/mol. The van der Waals surface area contributed by atoms with Crippen LogP contribution in [-0.2, 0) is 0 Å². The van der Waals surface area contributed by atoms with Gasteiger partial charge in [0, 0.05) is 17.9 Å². The van der Waals surface area contributed by atoms with E-state index < -0.39 is 0 Å². The van der Waals surface area contributed by atoms with Gasteiger partial charge in [-0.25, -0.2) is 4.98 Å². The van der Waals surface area contributed by atoms with Crippen LogP contribution in [0.15, 0.2) is 47.6 Å². The number of fused-ring (bicyclic) bond motifs is 1. The molecule has 4 N–H and O–H groups in total. The molecule has 2 aromatic heterocycles. The minimum absolute atomic E-state index is 0.236. The molecule has 130 valence electrons. The van der Waals surface area contributed by atoms with Crippen molar-refractivity contribution in [2.75, 3.05) is 13.2 Å². The number of H-pyrrole nitrogens is 1. The lowest BCUT2D eigenvalue weighted by atomic mass is 10.2. The number of unbranched alkanes of at least 4 members (excludes halogenated alkanes) is 2. The first-order valence-electron chi connectivity index (χ1n) is 8.39. The minimum atomic E-state index is 0.236. The number of nitrogens with two attached hydrogens (primary N) is 1.